The maximum absolute atomic E-state index is 12.2. The lowest BCUT2D eigenvalue weighted by Gasteiger charge is -2.56. The molecular weight excluding hydrogens is 213 g/mol. The minimum Gasteiger partial charge on any atom is -0.303 e. The second-order valence-corrected chi connectivity index (χ2v) is 7.57. The van der Waals surface area contributed by atoms with E-state index in [0.29, 0.717) is 6.16 Å². The molecule has 0 radical (unpaired) electrons. The Balaban J connectivity index is 3.19. The van der Waals surface area contributed by atoms with Gasteiger partial charge in [0.05, 0.1) is 5.60 Å². The molecule has 0 bridgehead atoms. The molecule has 15 heavy (non-hydrogen) atoms. The molecule has 0 amide bonds. The van der Waals surface area contributed by atoms with E-state index in [2.05, 4.69) is 0 Å². The molecule has 1 fully saturated rings. The van der Waals surface area contributed by atoms with Crippen LogP contribution in [0.5, 0.6) is 0 Å². The molecule has 0 aliphatic carbocycles. The first kappa shape index (κ1) is 13.2. The smallest absolute Gasteiger partial charge is 0.303 e. The molecule has 2 atom stereocenters. The van der Waals surface area contributed by atoms with Gasteiger partial charge in [0.25, 0.3) is 0 Å². The molecule has 2 unspecified atom stereocenters. The van der Waals surface area contributed by atoms with E-state index in [1.165, 1.54) is 0 Å². The Labute approximate surface area is 92.0 Å². The van der Waals surface area contributed by atoms with Crippen molar-refractivity contribution in [1.29, 1.82) is 0 Å². The van der Waals surface area contributed by atoms with E-state index in [1.54, 1.807) is 13.8 Å². The van der Waals surface area contributed by atoms with Crippen LogP contribution in [0.1, 0.15) is 41.5 Å². The first-order valence-electron chi connectivity index (χ1n) is 5.27. The molecule has 2 N–H and O–H groups in total. The van der Waals surface area contributed by atoms with Gasteiger partial charge in [0, 0.05) is 11.6 Å². The summed E-state index contributed by atoms with van der Waals surface area (Å²) in [6, 6.07) is 0. The minimum absolute atomic E-state index is 0.347. The third-order valence-corrected chi connectivity index (χ3v) is 6.00. The summed E-state index contributed by atoms with van der Waals surface area (Å²) >= 11 is 0. The van der Waals surface area contributed by atoms with Crippen LogP contribution < -0.4 is 5.73 Å². The summed E-state index contributed by atoms with van der Waals surface area (Å²) in [4.78, 5) is 0. The predicted octanol–water partition coefficient (Wildman–Crippen LogP) is 2.73. The zero-order valence-electron chi connectivity index (χ0n) is 10.5. The van der Waals surface area contributed by atoms with Crippen LogP contribution >= 0.6 is 7.60 Å². The molecule has 0 aromatic carbocycles. The third-order valence-electron chi connectivity index (χ3n) is 3.83. The van der Waals surface area contributed by atoms with Gasteiger partial charge in [-0.15, -0.1) is 0 Å². The lowest BCUT2D eigenvalue weighted by Crippen LogP contribution is -2.64. The van der Waals surface area contributed by atoms with Crippen molar-refractivity contribution in [3.05, 3.63) is 0 Å². The molecule has 1 aliphatic heterocycles. The Morgan fingerprint density at radius 1 is 1.13 bits per heavy atom. The summed E-state index contributed by atoms with van der Waals surface area (Å²) in [5.74, 6) is 0. The van der Waals surface area contributed by atoms with Gasteiger partial charge in [-0.2, -0.15) is 0 Å². The van der Waals surface area contributed by atoms with Crippen LogP contribution in [-0.2, 0) is 13.6 Å². The summed E-state index contributed by atoms with van der Waals surface area (Å²) in [5.41, 5.74) is 4.18. The van der Waals surface area contributed by atoms with Gasteiger partial charge in [0.2, 0.25) is 0 Å². The van der Waals surface area contributed by atoms with Crippen molar-refractivity contribution in [3.8, 4) is 0 Å². The van der Waals surface area contributed by atoms with Crippen molar-refractivity contribution >= 4 is 7.60 Å². The summed E-state index contributed by atoms with van der Waals surface area (Å²) < 4.78 is 23.3. The Bertz CT molecular complexity index is 286. The monoisotopic (exact) mass is 235 g/mol. The number of hydrogen-bond donors (Lipinski definition) is 1. The largest absolute Gasteiger partial charge is 0.332 e. The molecule has 90 valence electrons. The first-order valence-corrected chi connectivity index (χ1v) is 7.00. The molecular formula is C10H22NO3P. The highest BCUT2D eigenvalue weighted by Crippen LogP contribution is 2.64. The second kappa shape index (κ2) is 3.30. The van der Waals surface area contributed by atoms with Gasteiger partial charge >= 0.3 is 7.60 Å². The molecule has 4 nitrogen and oxygen atoms in total. The summed E-state index contributed by atoms with van der Waals surface area (Å²) in [7, 11) is -3.04. The highest BCUT2D eigenvalue weighted by atomic mass is 31.2. The summed E-state index contributed by atoms with van der Waals surface area (Å²) in [6.07, 6.45) is 0.347. The highest BCUT2D eigenvalue weighted by Gasteiger charge is 2.59. The van der Waals surface area contributed by atoms with Crippen LogP contribution in [0.15, 0.2) is 0 Å². The molecule has 0 aromatic heterocycles. The van der Waals surface area contributed by atoms with Crippen LogP contribution in [0.2, 0.25) is 0 Å². The van der Waals surface area contributed by atoms with Crippen LogP contribution in [0.4, 0.5) is 0 Å². The van der Waals surface area contributed by atoms with Gasteiger partial charge in [0.1, 0.15) is 5.72 Å². The van der Waals surface area contributed by atoms with Crippen molar-refractivity contribution in [3.63, 3.8) is 0 Å². The third kappa shape index (κ3) is 1.89. The van der Waals surface area contributed by atoms with Crippen molar-refractivity contribution in [2.24, 2.45) is 11.1 Å². The number of rotatable bonds is 1. The van der Waals surface area contributed by atoms with Crippen molar-refractivity contribution in [2.45, 2.75) is 52.9 Å². The minimum atomic E-state index is -3.04. The van der Waals surface area contributed by atoms with Gasteiger partial charge in [0.15, 0.2) is 0 Å². The fourth-order valence-corrected chi connectivity index (χ4v) is 3.64. The maximum atomic E-state index is 12.2. The second-order valence-electron chi connectivity index (χ2n) is 5.35. The molecule has 0 spiro atoms. The van der Waals surface area contributed by atoms with Crippen LogP contribution in [0, 0.1) is 5.41 Å². The standard InChI is InChI=1S/C10H22NO3P/c1-7-15(12)13-9(4,5)8(2,3)10(6,11)14-15/h7,11H2,1-6H3. The van der Waals surface area contributed by atoms with Crippen LogP contribution in [-0.4, -0.2) is 17.5 Å². The Kier molecular flexibility index (Phi) is 2.90. The Morgan fingerprint density at radius 3 is 1.93 bits per heavy atom. The van der Waals surface area contributed by atoms with Gasteiger partial charge in [-0.05, 0) is 20.8 Å². The van der Waals surface area contributed by atoms with Crippen molar-refractivity contribution < 1.29 is 13.6 Å². The Morgan fingerprint density at radius 2 is 1.60 bits per heavy atom. The fraction of sp³-hybridized carbons (Fsp3) is 1.00. The molecule has 1 heterocycles. The quantitative estimate of drug-likeness (QED) is 0.710. The normalized spacial score (nSPS) is 43.9. The predicted molar refractivity (Wildman–Crippen MR) is 60.8 cm³/mol. The van der Waals surface area contributed by atoms with Crippen LogP contribution in [0.25, 0.3) is 0 Å². The maximum Gasteiger partial charge on any atom is 0.332 e. The van der Waals surface area contributed by atoms with Gasteiger partial charge in [-0.3, -0.25) is 9.09 Å². The van der Waals surface area contributed by atoms with E-state index in [-0.39, 0.29) is 0 Å². The molecule has 1 rings (SSSR count). The van der Waals surface area contributed by atoms with Crippen LogP contribution in [0.3, 0.4) is 0 Å². The topological polar surface area (TPSA) is 61.5 Å². The van der Waals surface area contributed by atoms with Crippen molar-refractivity contribution in [1.82, 2.24) is 0 Å². The zero-order valence-corrected chi connectivity index (χ0v) is 11.4. The molecule has 0 saturated carbocycles. The zero-order chi connectivity index (χ0) is 12.1. The molecule has 0 aromatic rings. The van der Waals surface area contributed by atoms with E-state index >= 15 is 0 Å². The SMILES string of the molecule is CCP1(=O)OC(C)(C)C(C)(C)C(C)(N)O1. The molecule has 1 aliphatic rings. The Hall–Kier alpha value is 0.110. The average Bonchev–Trinajstić information content (AvgIpc) is 1.99. The number of nitrogens with two attached hydrogens (primary N) is 1. The summed E-state index contributed by atoms with van der Waals surface area (Å²) in [5, 5.41) is 0. The number of hydrogen-bond acceptors (Lipinski definition) is 4. The summed E-state index contributed by atoms with van der Waals surface area (Å²) in [6.45, 7) is 11.3. The lowest BCUT2D eigenvalue weighted by atomic mass is 9.70. The van der Waals surface area contributed by atoms with E-state index in [0.717, 1.165) is 0 Å². The van der Waals surface area contributed by atoms with Gasteiger partial charge in [-0.1, -0.05) is 20.8 Å². The first-order chi connectivity index (χ1) is 6.47. The van der Waals surface area contributed by atoms with Gasteiger partial charge < -0.3 is 10.3 Å². The van der Waals surface area contributed by atoms with E-state index in [4.69, 9.17) is 14.8 Å². The highest BCUT2D eigenvalue weighted by molar-refractivity contribution is 7.53. The van der Waals surface area contributed by atoms with E-state index < -0.39 is 24.3 Å². The lowest BCUT2D eigenvalue weighted by molar-refractivity contribution is -0.175. The van der Waals surface area contributed by atoms with Gasteiger partial charge in [-0.25, -0.2) is 0 Å². The average molecular weight is 235 g/mol. The fourth-order valence-electron chi connectivity index (χ4n) is 1.61. The molecule has 5 heteroatoms. The van der Waals surface area contributed by atoms with Crippen molar-refractivity contribution in [2.75, 3.05) is 6.16 Å². The van der Waals surface area contributed by atoms with E-state index in [9.17, 15) is 4.57 Å². The van der Waals surface area contributed by atoms with E-state index in [1.807, 2.05) is 27.7 Å². The molecule has 1 saturated heterocycles.